The summed E-state index contributed by atoms with van der Waals surface area (Å²) < 4.78 is 38.3. The molecule has 2 atom stereocenters. The normalized spacial score (nSPS) is 22.7. The molecule has 1 aliphatic rings. The van der Waals surface area contributed by atoms with Crippen LogP contribution in [0, 0.1) is 5.92 Å². The lowest BCUT2D eigenvalue weighted by molar-refractivity contribution is -0.182. The van der Waals surface area contributed by atoms with Crippen LogP contribution >= 0.6 is 0 Å². The molecule has 2 N–H and O–H groups in total. The van der Waals surface area contributed by atoms with Crippen molar-refractivity contribution in [3.05, 3.63) is 29.8 Å². The monoisotopic (exact) mass is 300 g/mol. The standard InChI is InChI=1S/C15H19F3N2O/c1-19-14(21)10-5-7-12(8-6-10)20-13-4-2-3-11(9-13)15(16,17)18/h5-8,11,13,20H,2-4,9H2,1H3,(H,19,21). The number of alkyl halides is 3. The third kappa shape index (κ3) is 4.12. The molecular weight excluding hydrogens is 281 g/mol. The molecule has 1 fully saturated rings. The molecule has 1 aromatic rings. The predicted octanol–water partition coefficient (Wildman–Crippen LogP) is 3.58. The van der Waals surface area contributed by atoms with E-state index in [1.165, 1.54) is 0 Å². The molecule has 21 heavy (non-hydrogen) atoms. The summed E-state index contributed by atoms with van der Waals surface area (Å²) in [6, 6.07) is 6.59. The third-order valence-electron chi connectivity index (χ3n) is 3.88. The van der Waals surface area contributed by atoms with Crippen molar-refractivity contribution in [2.45, 2.75) is 37.9 Å². The fourth-order valence-corrected chi connectivity index (χ4v) is 2.72. The number of rotatable bonds is 3. The first-order valence-corrected chi connectivity index (χ1v) is 7.05. The summed E-state index contributed by atoms with van der Waals surface area (Å²) in [5.74, 6) is -1.40. The number of carbonyl (C=O) groups is 1. The van der Waals surface area contributed by atoms with Gasteiger partial charge < -0.3 is 10.6 Å². The maximum absolute atomic E-state index is 12.8. The van der Waals surface area contributed by atoms with E-state index in [0.29, 0.717) is 12.0 Å². The number of hydrogen-bond acceptors (Lipinski definition) is 2. The van der Waals surface area contributed by atoms with Gasteiger partial charge in [-0.15, -0.1) is 0 Å². The van der Waals surface area contributed by atoms with Gasteiger partial charge in [-0.05, 0) is 43.5 Å². The van der Waals surface area contributed by atoms with E-state index in [9.17, 15) is 18.0 Å². The van der Waals surface area contributed by atoms with Crippen molar-refractivity contribution in [3.63, 3.8) is 0 Å². The average molecular weight is 300 g/mol. The summed E-state index contributed by atoms with van der Waals surface area (Å²) in [7, 11) is 1.55. The van der Waals surface area contributed by atoms with Crippen molar-refractivity contribution < 1.29 is 18.0 Å². The van der Waals surface area contributed by atoms with Gasteiger partial charge in [-0.25, -0.2) is 0 Å². The molecule has 0 spiro atoms. The number of nitrogens with one attached hydrogen (secondary N) is 2. The largest absolute Gasteiger partial charge is 0.391 e. The lowest BCUT2D eigenvalue weighted by Gasteiger charge is -2.31. The van der Waals surface area contributed by atoms with Crippen molar-refractivity contribution in [2.24, 2.45) is 5.92 Å². The van der Waals surface area contributed by atoms with Gasteiger partial charge in [0.15, 0.2) is 0 Å². The molecule has 116 valence electrons. The minimum Gasteiger partial charge on any atom is -0.382 e. The highest BCUT2D eigenvalue weighted by molar-refractivity contribution is 5.94. The molecule has 2 rings (SSSR count). The fraction of sp³-hybridized carbons (Fsp3) is 0.533. The van der Waals surface area contributed by atoms with Gasteiger partial charge in [-0.1, -0.05) is 6.42 Å². The molecule has 6 heteroatoms. The molecule has 1 saturated carbocycles. The quantitative estimate of drug-likeness (QED) is 0.896. The maximum atomic E-state index is 12.8. The number of hydrogen-bond donors (Lipinski definition) is 2. The molecule has 3 nitrogen and oxygen atoms in total. The summed E-state index contributed by atoms with van der Waals surface area (Å²) in [6.45, 7) is 0. The van der Waals surface area contributed by atoms with Gasteiger partial charge in [-0.2, -0.15) is 13.2 Å². The molecule has 0 aromatic heterocycles. The van der Waals surface area contributed by atoms with Crippen LogP contribution in [0.25, 0.3) is 0 Å². The number of carbonyl (C=O) groups excluding carboxylic acids is 1. The Morgan fingerprint density at radius 3 is 2.43 bits per heavy atom. The number of amides is 1. The molecule has 0 heterocycles. The molecule has 0 saturated heterocycles. The second-order valence-corrected chi connectivity index (χ2v) is 5.40. The van der Waals surface area contributed by atoms with Crippen molar-refractivity contribution in [1.29, 1.82) is 0 Å². The van der Waals surface area contributed by atoms with Crippen LogP contribution in [0.15, 0.2) is 24.3 Å². The summed E-state index contributed by atoms with van der Waals surface area (Å²) in [5.41, 5.74) is 1.27. The van der Waals surface area contributed by atoms with Crippen molar-refractivity contribution in [3.8, 4) is 0 Å². The molecule has 0 aliphatic heterocycles. The first kappa shape index (κ1) is 15.7. The number of halogens is 3. The van der Waals surface area contributed by atoms with E-state index in [-0.39, 0.29) is 24.8 Å². The summed E-state index contributed by atoms with van der Waals surface area (Å²) in [5, 5.41) is 5.66. The minimum atomic E-state index is -4.11. The highest BCUT2D eigenvalue weighted by Crippen LogP contribution is 2.38. The number of benzene rings is 1. The number of anilines is 1. The van der Waals surface area contributed by atoms with Gasteiger partial charge in [-0.3, -0.25) is 4.79 Å². The van der Waals surface area contributed by atoms with Crippen molar-refractivity contribution >= 4 is 11.6 Å². The highest BCUT2D eigenvalue weighted by Gasteiger charge is 2.42. The summed E-state index contributed by atoms with van der Waals surface area (Å²) in [6.07, 6.45) is -2.46. The fourth-order valence-electron chi connectivity index (χ4n) is 2.72. The predicted molar refractivity (Wildman–Crippen MR) is 75.3 cm³/mol. The van der Waals surface area contributed by atoms with Crippen LogP contribution in [-0.2, 0) is 0 Å². The Morgan fingerprint density at radius 1 is 1.19 bits per heavy atom. The zero-order chi connectivity index (χ0) is 15.5. The van der Waals surface area contributed by atoms with Crippen LogP contribution in [0.2, 0.25) is 0 Å². The Bertz CT molecular complexity index is 485. The van der Waals surface area contributed by atoms with Crippen LogP contribution in [0.5, 0.6) is 0 Å². The molecular formula is C15H19F3N2O. The molecule has 0 radical (unpaired) electrons. The zero-order valence-corrected chi connectivity index (χ0v) is 11.8. The summed E-state index contributed by atoms with van der Waals surface area (Å²) in [4.78, 5) is 11.4. The van der Waals surface area contributed by atoms with Crippen LogP contribution in [0.1, 0.15) is 36.0 Å². The van der Waals surface area contributed by atoms with Gasteiger partial charge in [0.25, 0.3) is 5.91 Å². The van der Waals surface area contributed by atoms with Gasteiger partial charge in [0.2, 0.25) is 0 Å². The average Bonchev–Trinajstić information content (AvgIpc) is 2.47. The Kier molecular flexibility index (Phi) is 4.75. The van der Waals surface area contributed by atoms with E-state index < -0.39 is 12.1 Å². The lowest BCUT2D eigenvalue weighted by atomic mass is 9.85. The van der Waals surface area contributed by atoms with E-state index in [0.717, 1.165) is 12.1 Å². The van der Waals surface area contributed by atoms with Crippen LogP contribution in [0.3, 0.4) is 0 Å². The smallest absolute Gasteiger partial charge is 0.382 e. The maximum Gasteiger partial charge on any atom is 0.391 e. The van der Waals surface area contributed by atoms with E-state index in [2.05, 4.69) is 10.6 Å². The van der Waals surface area contributed by atoms with E-state index >= 15 is 0 Å². The summed E-state index contributed by atoms with van der Waals surface area (Å²) >= 11 is 0. The molecule has 0 bridgehead atoms. The SMILES string of the molecule is CNC(=O)c1ccc(NC2CCCC(C(F)(F)F)C2)cc1. The molecule has 1 amide bonds. The van der Waals surface area contributed by atoms with Gasteiger partial charge in [0.05, 0.1) is 5.92 Å². The van der Waals surface area contributed by atoms with Crippen LogP contribution in [-0.4, -0.2) is 25.2 Å². The van der Waals surface area contributed by atoms with Gasteiger partial charge in [0.1, 0.15) is 0 Å². The van der Waals surface area contributed by atoms with Crippen molar-refractivity contribution in [1.82, 2.24) is 5.32 Å². The van der Waals surface area contributed by atoms with Gasteiger partial charge >= 0.3 is 6.18 Å². The second kappa shape index (κ2) is 6.37. The third-order valence-corrected chi connectivity index (χ3v) is 3.88. The minimum absolute atomic E-state index is 0.112. The molecule has 1 aromatic carbocycles. The Morgan fingerprint density at radius 2 is 1.86 bits per heavy atom. The second-order valence-electron chi connectivity index (χ2n) is 5.40. The van der Waals surface area contributed by atoms with E-state index in [1.54, 1.807) is 31.3 Å². The molecule has 1 aliphatic carbocycles. The van der Waals surface area contributed by atoms with Crippen molar-refractivity contribution in [2.75, 3.05) is 12.4 Å². The Balaban J connectivity index is 1.96. The Hall–Kier alpha value is -1.72. The van der Waals surface area contributed by atoms with Gasteiger partial charge in [0, 0.05) is 24.3 Å². The topological polar surface area (TPSA) is 41.1 Å². The van der Waals surface area contributed by atoms with Crippen LogP contribution in [0.4, 0.5) is 18.9 Å². The Labute approximate surface area is 121 Å². The lowest BCUT2D eigenvalue weighted by Crippen LogP contribution is -2.34. The van der Waals surface area contributed by atoms with Crippen LogP contribution < -0.4 is 10.6 Å². The first-order chi connectivity index (χ1) is 9.90. The zero-order valence-electron chi connectivity index (χ0n) is 11.8. The van der Waals surface area contributed by atoms with E-state index in [1.807, 2.05) is 0 Å². The first-order valence-electron chi connectivity index (χ1n) is 7.05. The van der Waals surface area contributed by atoms with E-state index in [4.69, 9.17) is 0 Å². The molecule has 2 unspecified atom stereocenters. The highest BCUT2D eigenvalue weighted by atomic mass is 19.4.